The van der Waals surface area contributed by atoms with E-state index in [1.165, 1.54) is 13.0 Å². The topological polar surface area (TPSA) is 20.2 Å². The summed E-state index contributed by atoms with van der Waals surface area (Å²) >= 11 is 10.6. The second kappa shape index (κ2) is 2.72. The lowest BCUT2D eigenvalue weighted by Crippen LogP contribution is -2.28. The van der Waals surface area contributed by atoms with E-state index in [1.807, 2.05) is 0 Å². The highest BCUT2D eigenvalue weighted by Gasteiger charge is 2.23. The molecular weight excluding hydrogens is 147 g/mol. The molecule has 0 aromatic rings. The van der Waals surface area contributed by atoms with Crippen LogP contribution in [0, 0.1) is 0 Å². The predicted octanol–water partition coefficient (Wildman–Crippen LogP) is 1.73. The Labute approximate surface area is 58.9 Å². The summed E-state index contributed by atoms with van der Waals surface area (Å²) in [4.78, 5) is -0.806. The van der Waals surface area contributed by atoms with Gasteiger partial charge in [0.2, 0.25) is 0 Å². The van der Waals surface area contributed by atoms with Crippen molar-refractivity contribution in [2.45, 2.75) is 17.4 Å². The number of rotatable bonds is 2. The standard InChI is InChI=1S/C5H8Cl2O/c1-3-5(2,8)4(6)7/h3-4,8H,1H2,2H3. The van der Waals surface area contributed by atoms with Crippen LogP contribution >= 0.6 is 23.2 Å². The van der Waals surface area contributed by atoms with Gasteiger partial charge in [0.1, 0.15) is 10.4 Å². The number of aliphatic hydroxyl groups is 1. The van der Waals surface area contributed by atoms with Gasteiger partial charge in [0.25, 0.3) is 0 Å². The fourth-order valence-corrected chi connectivity index (χ4v) is 0.267. The summed E-state index contributed by atoms with van der Waals surface area (Å²) in [5.41, 5.74) is -1.16. The van der Waals surface area contributed by atoms with E-state index >= 15 is 0 Å². The highest BCUT2D eigenvalue weighted by Crippen LogP contribution is 2.19. The predicted molar refractivity (Wildman–Crippen MR) is 36.3 cm³/mol. The maximum Gasteiger partial charge on any atom is 0.139 e. The van der Waals surface area contributed by atoms with E-state index < -0.39 is 10.4 Å². The highest BCUT2D eigenvalue weighted by molar-refractivity contribution is 6.45. The summed E-state index contributed by atoms with van der Waals surface area (Å²) in [6, 6.07) is 0. The summed E-state index contributed by atoms with van der Waals surface area (Å²) in [6.07, 6.45) is 1.30. The third-order valence-electron chi connectivity index (χ3n) is 0.855. The first-order valence-electron chi connectivity index (χ1n) is 2.15. The fourth-order valence-electron chi connectivity index (χ4n) is 0.0891. The van der Waals surface area contributed by atoms with Crippen LogP contribution < -0.4 is 0 Å². The van der Waals surface area contributed by atoms with Crippen LogP contribution in [0.1, 0.15) is 6.92 Å². The van der Waals surface area contributed by atoms with Gasteiger partial charge in [-0.05, 0) is 6.92 Å². The lowest BCUT2D eigenvalue weighted by molar-refractivity contribution is 0.127. The van der Waals surface area contributed by atoms with Crippen molar-refractivity contribution >= 4 is 23.2 Å². The molecule has 0 aliphatic carbocycles. The van der Waals surface area contributed by atoms with E-state index in [-0.39, 0.29) is 0 Å². The molecule has 0 aliphatic rings. The molecule has 1 nitrogen and oxygen atoms in total. The molecule has 3 heteroatoms. The average molecular weight is 155 g/mol. The second-order valence-corrected chi connectivity index (χ2v) is 2.83. The van der Waals surface area contributed by atoms with Crippen molar-refractivity contribution in [1.82, 2.24) is 0 Å². The van der Waals surface area contributed by atoms with Crippen molar-refractivity contribution in [2.75, 3.05) is 0 Å². The van der Waals surface area contributed by atoms with E-state index in [0.717, 1.165) is 0 Å². The molecule has 1 atom stereocenters. The van der Waals surface area contributed by atoms with Crippen molar-refractivity contribution in [2.24, 2.45) is 0 Å². The minimum atomic E-state index is -1.16. The average Bonchev–Trinajstić information content (AvgIpc) is 1.67. The maximum atomic E-state index is 9.02. The van der Waals surface area contributed by atoms with Gasteiger partial charge in [-0.3, -0.25) is 0 Å². The quantitative estimate of drug-likeness (QED) is 0.475. The van der Waals surface area contributed by atoms with Crippen molar-refractivity contribution in [3.63, 3.8) is 0 Å². The first-order chi connectivity index (χ1) is 3.50. The molecule has 0 heterocycles. The number of hydrogen-bond donors (Lipinski definition) is 1. The van der Waals surface area contributed by atoms with Gasteiger partial charge >= 0.3 is 0 Å². The molecule has 0 spiro atoms. The van der Waals surface area contributed by atoms with E-state index in [4.69, 9.17) is 28.3 Å². The van der Waals surface area contributed by atoms with Gasteiger partial charge < -0.3 is 5.11 Å². The Kier molecular flexibility index (Phi) is 2.81. The van der Waals surface area contributed by atoms with Gasteiger partial charge in [-0.25, -0.2) is 0 Å². The summed E-state index contributed by atoms with van der Waals surface area (Å²) in [6.45, 7) is 4.83. The van der Waals surface area contributed by atoms with Crippen LogP contribution in [0.3, 0.4) is 0 Å². The third kappa shape index (κ3) is 2.03. The molecule has 0 aromatic heterocycles. The Balaban J connectivity index is 3.90. The van der Waals surface area contributed by atoms with Gasteiger partial charge in [0.15, 0.2) is 0 Å². The molecule has 0 radical (unpaired) electrons. The summed E-state index contributed by atoms with van der Waals surface area (Å²) in [7, 11) is 0. The maximum absolute atomic E-state index is 9.02. The third-order valence-corrected chi connectivity index (χ3v) is 1.74. The molecule has 8 heavy (non-hydrogen) atoms. The Hall–Kier alpha value is 0.280. The van der Waals surface area contributed by atoms with Crippen LogP contribution in [-0.2, 0) is 0 Å². The molecule has 1 N–H and O–H groups in total. The van der Waals surface area contributed by atoms with Gasteiger partial charge in [-0.15, -0.1) is 29.8 Å². The van der Waals surface area contributed by atoms with E-state index in [1.54, 1.807) is 0 Å². The Morgan fingerprint density at radius 1 is 1.75 bits per heavy atom. The zero-order valence-corrected chi connectivity index (χ0v) is 6.08. The largest absolute Gasteiger partial charge is 0.383 e. The van der Waals surface area contributed by atoms with Crippen molar-refractivity contribution in [1.29, 1.82) is 0 Å². The molecule has 0 bridgehead atoms. The van der Waals surface area contributed by atoms with Gasteiger partial charge in [0, 0.05) is 0 Å². The van der Waals surface area contributed by atoms with E-state index in [2.05, 4.69) is 6.58 Å². The molecule has 0 rings (SSSR count). The monoisotopic (exact) mass is 154 g/mol. The molecule has 0 aromatic carbocycles. The molecular formula is C5H8Cl2O. The lowest BCUT2D eigenvalue weighted by atomic mass is 10.1. The van der Waals surface area contributed by atoms with Crippen LogP contribution in [0.25, 0.3) is 0 Å². The Morgan fingerprint density at radius 2 is 2.12 bits per heavy atom. The second-order valence-electron chi connectivity index (χ2n) is 1.73. The van der Waals surface area contributed by atoms with Crippen molar-refractivity contribution < 1.29 is 5.11 Å². The summed E-state index contributed by atoms with van der Waals surface area (Å²) in [5, 5.41) is 9.02. The SMILES string of the molecule is C=CC(C)(O)C(Cl)Cl. The fraction of sp³-hybridized carbons (Fsp3) is 0.600. The van der Waals surface area contributed by atoms with Crippen LogP contribution in [-0.4, -0.2) is 15.5 Å². The highest BCUT2D eigenvalue weighted by atomic mass is 35.5. The lowest BCUT2D eigenvalue weighted by Gasteiger charge is -2.18. The zero-order chi connectivity index (χ0) is 6.78. The zero-order valence-electron chi connectivity index (χ0n) is 4.56. The Bertz CT molecular complexity index is 88.4. The van der Waals surface area contributed by atoms with E-state index in [0.29, 0.717) is 0 Å². The van der Waals surface area contributed by atoms with Gasteiger partial charge in [0.05, 0.1) is 0 Å². The van der Waals surface area contributed by atoms with Crippen LogP contribution in [0.2, 0.25) is 0 Å². The normalized spacial score (nSPS) is 18.1. The first-order valence-corrected chi connectivity index (χ1v) is 3.02. The number of alkyl halides is 2. The first kappa shape index (κ1) is 8.28. The molecule has 0 saturated carbocycles. The Morgan fingerprint density at radius 3 is 2.12 bits per heavy atom. The van der Waals surface area contributed by atoms with Crippen LogP contribution in [0.5, 0.6) is 0 Å². The molecule has 0 fully saturated rings. The minimum Gasteiger partial charge on any atom is -0.383 e. The number of hydrogen-bond acceptors (Lipinski definition) is 1. The van der Waals surface area contributed by atoms with Crippen molar-refractivity contribution in [3.8, 4) is 0 Å². The van der Waals surface area contributed by atoms with E-state index in [9.17, 15) is 0 Å². The van der Waals surface area contributed by atoms with Gasteiger partial charge in [-0.1, -0.05) is 6.08 Å². The van der Waals surface area contributed by atoms with Crippen LogP contribution in [0.15, 0.2) is 12.7 Å². The van der Waals surface area contributed by atoms with Crippen molar-refractivity contribution in [3.05, 3.63) is 12.7 Å². The molecule has 1 unspecified atom stereocenters. The summed E-state index contributed by atoms with van der Waals surface area (Å²) in [5.74, 6) is 0. The van der Waals surface area contributed by atoms with Crippen LogP contribution in [0.4, 0.5) is 0 Å². The molecule has 0 amide bonds. The number of halogens is 2. The molecule has 0 aliphatic heterocycles. The minimum absolute atomic E-state index is 0.806. The molecule has 0 saturated heterocycles. The summed E-state index contributed by atoms with van der Waals surface area (Å²) < 4.78 is 0. The molecule has 48 valence electrons. The van der Waals surface area contributed by atoms with Gasteiger partial charge in [-0.2, -0.15) is 0 Å². The smallest absolute Gasteiger partial charge is 0.139 e.